The van der Waals surface area contributed by atoms with Gasteiger partial charge in [-0.1, -0.05) is 0 Å². The average molecular weight is 187 g/mol. The first-order valence-electron chi connectivity index (χ1n) is 3.83. The summed E-state index contributed by atoms with van der Waals surface area (Å²) in [5, 5.41) is 0. The largest absolute Gasteiger partial charge is 0.347 e. The Hall–Kier alpha value is -0.830. The van der Waals surface area contributed by atoms with E-state index in [1.54, 1.807) is 17.0 Å². The number of rotatable bonds is 3. The van der Waals surface area contributed by atoms with Crippen LogP contribution in [0.4, 0.5) is 0 Å². The van der Waals surface area contributed by atoms with Crippen molar-refractivity contribution < 1.29 is 0 Å². The van der Waals surface area contributed by atoms with Crippen molar-refractivity contribution in [2.45, 2.75) is 19.9 Å². The van der Waals surface area contributed by atoms with E-state index in [9.17, 15) is 4.79 Å². The van der Waals surface area contributed by atoms with Crippen LogP contribution in [0.5, 0.6) is 0 Å². The zero-order valence-electron chi connectivity index (χ0n) is 6.96. The minimum absolute atomic E-state index is 0.203. The van der Waals surface area contributed by atoms with Crippen molar-refractivity contribution in [1.82, 2.24) is 9.55 Å². The summed E-state index contributed by atoms with van der Waals surface area (Å²) in [6, 6.07) is 0. The third-order valence-corrected chi connectivity index (χ3v) is 1.78. The van der Waals surface area contributed by atoms with E-state index in [1.807, 2.05) is 6.92 Å². The minimum atomic E-state index is -0.203. The zero-order chi connectivity index (χ0) is 8.97. The Labute approximate surface area is 76.0 Å². The highest BCUT2D eigenvalue weighted by atomic mass is 35.5. The Morgan fingerprint density at radius 3 is 3.08 bits per heavy atom. The molecule has 4 heteroatoms. The molecular formula is C8H11ClN2O. The minimum Gasteiger partial charge on any atom is -0.299 e. The first kappa shape index (κ1) is 9.26. The summed E-state index contributed by atoms with van der Waals surface area (Å²) in [5.41, 5.74) is 0.787. The summed E-state index contributed by atoms with van der Waals surface area (Å²) in [6.07, 6.45) is 4.16. The fraction of sp³-hybridized carbons (Fsp3) is 0.500. The lowest BCUT2D eigenvalue weighted by molar-refractivity contribution is 0.634. The zero-order valence-corrected chi connectivity index (χ0v) is 7.71. The van der Waals surface area contributed by atoms with Crippen LogP contribution < -0.4 is 5.69 Å². The van der Waals surface area contributed by atoms with E-state index in [0.29, 0.717) is 12.4 Å². The maximum Gasteiger partial charge on any atom is 0.347 e. The van der Waals surface area contributed by atoms with Crippen LogP contribution in [0.15, 0.2) is 17.2 Å². The molecule has 0 aliphatic rings. The molecule has 0 N–H and O–H groups in total. The number of aryl methyl sites for hydroxylation is 2. The molecule has 1 rings (SSSR count). The number of hydrogen-bond acceptors (Lipinski definition) is 2. The van der Waals surface area contributed by atoms with E-state index in [2.05, 4.69) is 4.98 Å². The molecule has 12 heavy (non-hydrogen) atoms. The monoisotopic (exact) mass is 186 g/mol. The van der Waals surface area contributed by atoms with Gasteiger partial charge in [0.15, 0.2) is 0 Å². The molecule has 0 aliphatic heterocycles. The lowest BCUT2D eigenvalue weighted by atomic mass is 10.4. The lowest BCUT2D eigenvalue weighted by Gasteiger charge is -2.02. The first-order chi connectivity index (χ1) is 5.74. The van der Waals surface area contributed by atoms with Crippen LogP contribution in [0.25, 0.3) is 0 Å². The quantitative estimate of drug-likeness (QED) is 0.665. The van der Waals surface area contributed by atoms with Crippen molar-refractivity contribution in [3.8, 4) is 0 Å². The Morgan fingerprint density at radius 1 is 1.67 bits per heavy atom. The van der Waals surface area contributed by atoms with Gasteiger partial charge in [-0.2, -0.15) is 0 Å². The predicted octanol–water partition coefficient (Wildman–Crippen LogP) is 1.18. The molecule has 0 saturated carbocycles. The number of hydrogen-bond donors (Lipinski definition) is 0. The molecule has 0 aliphatic carbocycles. The Kier molecular flexibility index (Phi) is 3.29. The maximum absolute atomic E-state index is 11.1. The van der Waals surface area contributed by atoms with E-state index < -0.39 is 0 Å². The molecule has 0 radical (unpaired) electrons. The molecular weight excluding hydrogens is 176 g/mol. The fourth-order valence-corrected chi connectivity index (χ4v) is 1.08. The van der Waals surface area contributed by atoms with Gasteiger partial charge >= 0.3 is 5.69 Å². The summed E-state index contributed by atoms with van der Waals surface area (Å²) in [6.45, 7) is 2.56. The standard InChI is InChI=1S/C8H11ClN2O/c1-7-5-10-8(12)11(6-7)4-2-3-9/h5-6H,2-4H2,1H3. The summed E-state index contributed by atoms with van der Waals surface area (Å²) in [7, 11) is 0. The van der Waals surface area contributed by atoms with Crippen LogP contribution in [0.3, 0.4) is 0 Å². The van der Waals surface area contributed by atoms with Gasteiger partial charge in [-0.3, -0.25) is 4.57 Å². The van der Waals surface area contributed by atoms with Gasteiger partial charge in [0.05, 0.1) is 0 Å². The highest BCUT2D eigenvalue weighted by molar-refractivity contribution is 6.17. The van der Waals surface area contributed by atoms with Crippen LogP contribution in [0, 0.1) is 6.92 Å². The van der Waals surface area contributed by atoms with Gasteiger partial charge in [-0.25, -0.2) is 9.78 Å². The SMILES string of the molecule is Cc1cnc(=O)n(CCCCl)c1. The van der Waals surface area contributed by atoms with Gasteiger partial charge in [-0.05, 0) is 18.9 Å². The van der Waals surface area contributed by atoms with Crippen molar-refractivity contribution in [2.75, 3.05) is 5.88 Å². The molecule has 66 valence electrons. The van der Waals surface area contributed by atoms with Crippen molar-refractivity contribution in [1.29, 1.82) is 0 Å². The van der Waals surface area contributed by atoms with Crippen LogP contribution >= 0.6 is 11.6 Å². The van der Waals surface area contributed by atoms with Gasteiger partial charge < -0.3 is 0 Å². The third kappa shape index (κ3) is 2.34. The smallest absolute Gasteiger partial charge is 0.299 e. The number of alkyl halides is 1. The van der Waals surface area contributed by atoms with Gasteiger partial charge in [0.25, 0.3) is 0 Å². The molecule has 0 atom stereocenters. The van der Waals surface area contributed by atoms with Crippen molar-refractivity contribution in [3.63, 3.8) is 0 Å². The molecule has 0 unspecified atom stereocenters. The second-order valence-corrected chi connectivity index (χ2v) is 3.03. The van der Waals surface area contributed by atoms with E-state index in [-0.39, 0.29) is 5.69 Å². The van der Waals surface area contributed by atoms with E-state index in [0.717, 1.165) is 12.0 Å². The Morgan fingerprint density at radius 2 is 2.42 bits per heavy atom. The summed E-state index contributed by atoms with van der Waals surface area (Å²) in [5.74, 6) is 0.570. The van der Waals surface area contributed by atoms with Crippen molar-refractivity contribution in [3.05, 3.63) is 28.4 Å². The number of aromatic nitrogens is 2. The summed E-state index contributed by atoms with van der Waals surface area (Å²) in [4.78, 5) is 14.8. The average Bonchev–Trinajstić information content (AvgIpc) is 2.07. The maximum atomic E-state index is 11.1. The van der Waals surface area contributed by atoms with Gasteiger partial charge in [0, 0.05) is 24.8 Å². The van der Waals surface area contributed by atoms with Crippen molar-refractivity contribution >= 4 is 11.6 Å². The second-order valence-electron chi connectivity index (χ2n) is 2.65. The third-order valence-electron chi connectivity index (χ3n) is 1.52. The Bertz CT molecular complexity index is 308. The normalized spacial score (nSPS) is 10.2. The van der Waals surface area contributed by atoms with Crippen LogP contribution in [-0.2, 0) is 6.54 Å². The molecule has 1 aromatic rings. The number of halogens is 1. The summed E-state index contributed by atoms with van der Waals surface area (Å²) < 4.78 is 1.58. The van der Waals surface area contributed by atoms with Gasteiger partial charge in [0.1, 0.15) is 0 Å². The molecule has 3 nitrogen and oxygen atoms in total. The fourth-order valence-electron chi connectivity index (χ4n) is 0.956. The molecule has 0 spiro atoms. The van der Waals surface area contributed by atoms with E-state index in [4.69, 9.17) is 11.6 Å². The van der Waals surface area contributed by atoms with E-state index in [1.165, 1.54) is 0 Å². The van der Waals surface area contributed by atoms with Gasteiger partial charge in [-0.15, -0.1) is 11.6 Å². The second kappa shape index (κ2) is 4.26. The van der Waals surface area contributed by atoms with Crippen LogP contribution in [0.1, 0.15) is 12.0 Å². The van der Waals surface area contributed by atoms with Crippen LogP contribution in [0.2, 0.25) is 0 Å². The van der Waals surface area contributed by atoms with Gasteiger partial charge in [0.2, 0.25) is 0 Å². The highest BCUT2D eigenvalue weighted by Crippen LogP contribution is 1.92. The molecule has 0 saturated heterocycles. The topological polar surface area (TPSA) is 34.9 Å². The molecule has 0 amide bonds. The molecule has 1 aromatic heterocycles. The molecule has 1 heterocycles. The first-order valence-corrected chi connectivity index (χ1v) is 4.36. The van der Waals surface area contributed by atoms with Crippen LogP contribution in [-0.4, -0.2) is 15.4 Å². The Balaban J connectivity index is 2.83. The number of nitrogens with zero attached hydrogens (tertiary/aromatic N) is 2. The molecule has 0 aromatic carbocycles. The predicted molar refractivity (Wildman–Crippen MR) is 48.6 cm³/mol. The van der Waals surface area contributed by atoms with Crippen molar-refractivity contribution in [2.24, 2.45) is 0 Å². The summed E-state index contributed by atoms with van der Waals surface area (Å²) >= 11 is 5.51. The highest BCUT2D eigenvalue weighted by Gasteiger charge is 1.95. The molecule has 0 fully saturated rings. The van der Waals surface area contributed by atoms with E-state index >= 15 is 0 Å². The lowest BCUT2D eigenvalue weighted by Crippen LogP contribution is -2.22. The molecule has 0 bridgehead atoms.